The Balaban J connectivity index is 1.48. The van der Waals surface area contributed by atoms with E-state index < -0.39 is 0 Å². The molecule has 1 aliphatic rings. The fourth-order valence-corrected chi connectivity index (χ4v) is 2.42. The van der Waals surface area contributed by atoms with Crippen molar-refractivity contribution in [3.05, 3.63) is 77.9 Å². The summed E-state index contributed by atoms with van der Waals surface area (Å²) in [6.45, 7) is 0. The van der Waals surface area contributed by atoms with E-state index in [1.807, 2.05) is 24.3 Å². The first-order chi connectivity index (χ1) is 10.4. The molecule has 1 aliphatic heterocycles. The quantitative estimate of drug-likeness (QED) is 0.789. The van der Waals surface area contributed by atoms with Gasteiger partial charge in [0.1, 0.15) is 0 Å². The average Bonchev–Trinajstić information content (AvgIpc) is 3.01. The molecule has 0 N–H and O–H groups in total. The van der Waals surface area contributed by atoms with Gasteiger partial charge in [-0.1, -0.05) is 71.9 Å². The van der Waals surface area contributed by atoms with Gasteiger partial charge in [-0.05, 0) is 30.0 Å². The Morgan fingerprint density at radius 2 is 1.67 bits per heavy atom. The van der Waals surface area contributed by atoms with Crippen molar-refractivity contribution >= 4 is 11.8 Å². The summed E-state index contributed by atoms with van der Waals surface area (Å²) in [5.41, 5.74) is 3.70. The standard InChI is InChI=1S/C19H19NO/c1-3-7-16(8-4-1)11-13-18-15-19(21-20-18)14-12-17-9-5-2-6-10-17/h1-10,12,14,19H,11,13,15H2/b14-12+/t19-/m0/s1. The minimum atomic E-state index is 0.0796. The summed E-state index contributed by atoms with van der Waals surface area (Å²) in [5, 5.41) is 4.21. The first kappa shape index (κ1) is 13.6. The van der Waals surface area contributed by atoms with Crippen molar-refractivity contribution in [3.63, 3.8) is 0 Å². The SMILES string of the molecule is C(=C\[C@H]1CC(CCc2ccccc2)=NO1)/c1ccccc1. The molecule has 0 bridgehead atoms. The van der Waals surface area contributed by atoms with E-state index >= 15 is 0 Å². The number of benzene rings is 2. The van der Waals surface area contributed by atoms with Crippen LogP contribution in [0, 0.1) is 0 Å². The van der Waals surface area contributed by atoms with Crippen LogP contribution in [-0.2, 0) is 11.3 Å². The van der Waals surface area contributed by atoms with Gasteiger partial charge >= 0.3 is 0 Å². The van der Waals surface area contributed by atoms with Gasteiger partial charge in [-0.25, -0.2) is 0 Å². The van der Waals surface area contributed by atoms with Crippen LogP contribution < -0.4 is 0 Å². The molecule has 0 aliphatic carbocycles. The number of hydrogen-bond acceptors (Lipinski definition) is 2. The predicted molar refractivity (Wildman–Crippen MR) is 87.2 cm³/mol. The Morgan fingerprint density at radius 3 is 2.43 bits per heavy atom. The van der Waals surface area contributed by atoms with Crippen molar-refractivity contribution in [1.29, 1.82) is 0 Å². The summed E-state index contributed by atoms with van der Waals surface area (Å²) in [4.78, 5) is 5.48. The average molecular weight is 277 g/mol. The minimum absolute atomic E-state index is 0.0796. The summed E-state index contributed by atoms with van der Waals surface area (Å²) in [5.74, 6) is 0. The molecular weight excluding hydrogens is 258 g/mol. The molecule has 1 heterocycles. The van der Waals surface area contributed by atoms with Gasteiger partial charge in [-0.2, -0.15) is 0 Å². The summed E-state index contributed by atoms with van der Waals surface area (Å²) >= 11 is 0. The lowest BCUT2D eigenvalue weighted by atomic mass is 10.0. The second-order valence-corrected chi connectivity index (χ2v) is 5.26. The third-order valence-corrected chi connectivity index (χ3v) is 3.60. The molecule has 0 saturated carbocycles. The Kier molecular flexibility index (Phi) is 4.47. The molecule has 0 amide bonds. The topological polar surface area (TPSA) is 21.6 Å². The predicted octanol–water partition coefficient (Wildman–Crippen LogP) is 4.48. The molecular formula is C19H19NO. The number of oxime groups is 1. The first-order valence-corrected chi connectivity index (χ1v) is 7.39. The number of rotatable bonds is 5. The summed E-state index contributed by atoms with van der Waals surface area (Å²) in [6.07, 6.45) is 7.17. The van der Waals surface area contributed by atoms with Crippen LogP contribution in [0.3, 0.4) is 0 Å². The molecule has 0 radical (unpaired) electrons. The van der Waals surface area contributed by atoms with Crippen molar-refractivity contribution < 1.29 is 4.84 Å². The van der Waals surface area contributed by atoms with Crippen LogP contribution in [0.2, 0.25) is 0 Å². The summed E-state index contributed by atoms with van der Waals surface area (Å²) < 4.78 is 0. The van der Waals surface area contributed by atoms with Crippen molar-refractivity contribution in [2.75, 3.05) is 0 Å². The van der Waals surface area contributed by atoms with E-state index in [9.17, 15) is 0 Å². The zero-order valence-corrected chi connectivity index (χ0v) is 12.0. The zero-order valence-electron chi connectivity index (χ0n) is 12.0. The van der Waals surface area contributed by atoms with Crippen molar-refractivity contribution in [3.8, 4) is 0 Å². The summed E-state index contributed by atoms with van der Waals surface area (Å²) in [7, 11) is 0. The van der Waals surface area contributed by atoms with Gasteiger partial charge < -0.3 is 4.84 Å². The molecule has 2 aromatic rings. The molecule has 3 rings (SSSR count). The fraction of sp³-hybridized carbons (Fsp3) is 0.211. The van der Waals surface area contributed by atoms with Gasteiger partial charge in [0.15, 0.2) is 6.10 Å². The lowest BCUT2D eigenvalue weighted by Gasteiger charge is -2.01. The Hall–Kier alpha value is -2.35. The largest absolute Gasteiger partial charge is 0.388 e. The third-order valence-electron chi connectivity index (χ3n) is 3.60. The van der Waals surface area contributed by atoms with Crippen LogP contribution in [0.5, 0.6) is 0 Å². The maximum absolute atomic E-state index is 5.48. The van der Waals surface area contributed by atoms with E-state index in [2.05, 4.69) is 53.7 Å². The van der Waals surface area contributed by atoms with E-state index in [4.69, 9.17) is 4.84 Å². The minimum Gasteiger partial charge on any atom is -0.388 e. The lowest BCUT2D eigenvalue weighted by molar-refractivity contribution is 0.120. The molecule has 0 unspecified atom stereocenters. The van der Waals surface area contributed by atoms with Gasteiger partial charge in [0, 0.05) is 6.42 Å². The van der Waals surface area contributed by atoms with Gasteiger partial charge in [0.25, 0.3) is 0 Å². The Morgan fingerprint density at radius 1 is 0.952 bits per heavy atom. The molecule has 2 heteroatoms. The van der Waals surface area contributed by atoms with Crippen LogP contribution in [-0.4, -0.2) is 11.8 Å². The van der Waals surface area contributed by atoms with Crippen molar-refractivity contribution in [1.82, 2.24) is 0 Å². The van der Waals surface area contributed by atoms with E-state index in [-0.39, 0.29) is 6.10 Å². The Bertz CT molecular complexity index is 617. The highest BCUT2D eigenvalue weighted by Crippen LogP contribution is 2.17. The number of hydrogen-bond donors (Lipinski definition) is 0. The highest BCUT2D eigenvalue weighted by Gasteiger charge is 2.17. The van der Waals surface area contributed by atoms with E-state index in [0.29, 0.717) is 0 Å². The van der Waals surface area contributed by atoms with Crippen molar-refractivity contribution in [2.45, 2.75) is 25.4 Å². The monoisotopic (exact) mass is 277 g/mol. The van der Waals surface area contributed by atoms with Gasteiger partial charge in [-0.3, -0.25) is 0 Å². The van der Waals surface area contributed by atoms with Gasteiger partial charge in [-0.15, -0.1) is 0 Å². The van der Waals surface area contributed by atoms with Crippen LogP contribution in [0.15, 0.2) is 71.9 Å². The second-order valence-electron chi connectivity index (χ2n) is 5.26. The highest BCUT2D eigenvalue weighted by molar-refractivity contribution is 5.86. The molecule has 0 spiro atoms. The van der Waals surface area contributed by atoms with Crippen LogP contribution in [0.1, 0.15) is 24.0 Å². The first-order valence-electron chi connectivity index (χ1n) is 7.39. The fourth-order valence-electron chi connectivity index (χ4n) is 2.42. The number of nitrogens with zero attached hydrogens (tertiary/aromatic N) is 1. The molecule has 21 heavy (non-hydrogen) atoms. The normalized spacial score (nSPS) is 17.7. The maximum atomic E-state index is 5.48. The second kappa shape index (κ2) is 6.89. The van der Waals surface area contributed by atoms with Crippen LogP contribution in [0.25, 0.3) is 6.08 Å². The lowest BCUT2D eigenvalue weighted by Crippen LogP contribution is -2.04. The third kappa shape index (κ3) is 4.06. The van der Waals surface area contributed by atoms with E-state index in [1.54, 1.807) is 0 Å². The van der Waals surface area contributed by atoms with Gasteiger partial charge in [0.2, 0.25) is 0 Å². The summed E-state index contributed by atoms with van der Waals surface area (Å²) in [6, 6.07) is 20.8. The highest BCUT2D eigenvalue weighted by atomic mass is 16.6. The van der Waals surface area contributed by atoms with Crippen LogP contribution in [0.4, 0.5) is 0 Å². The van der Waals surface area contributed by atoms with E-state index in [1.165, 1.54) is 11.1 Å². The molecule has 106 valence electrons. The smallest absolute Gasteiger partial charge is 0.151 e. The Labute approximate surface area is 125 Å². The van der Waals surface area contributed by atoms with Crippen LogP contribution >= 0.6 is 0 Å². The molecule has 1 atom stereocenters. The number of aryl methyl sites for hydroxylation is 1. The molecule has 0 aromatic heterocycles. The van der Waals surface area contributed by atoms with Gasteiger partial charge in [0.05, 0.1) is 5.71 Å². The molecule has 0 saturated heterocycles. The zero-order chi connectivity index (χ0) is 14.3. The molecule has 2 aromatic carbocycles. The van der Waals surface area contributed by atoms with Crippen molar-refractivity contribution in [2.24, 2.45) is 5.16 Å². The maximum Gasteiger partial charge on any atom is 0.151 e. The molecule has 2 nitrogen and oxygen atoms in total. The van der Waals surface area contributed by atoms with E-state index in [0.717, 1.165) is 25.0 Å². The molecule has 0 fully saturated rings.